The molecule has 6 nitrogen and oxygen atoms in total. The van der Waals surface area contributed by atoms with Crippen LogP contribution in [0.2, 0.25) is 0 Å². The number of carbonyl (C=O) groups is 1. The molecule has 0 saturated heterocycles. The lowest BCUT2D eigenvalue weighted by molar-refractivity contribution is 0.0952. The van der Waals surface area contributed by atoms with E-state index in [0.717, 1.165) is 27.7 Å². The van der Waals surface area contributed by atoms with Gasteiger partial charge < -0.3 is 5.11 Å². The van der Waals surface area contributed by atoms with Crippen molar-refractivity contribution in [1.29, 1.82) is 0 Å². The van der Waals surface area contributed by atoms with E-state index in [4.69, 9.17) is 0 Å². The zero-order chi connectivity index (χ0) is 17.3. The Hall–Kier alpha value is -3.15. The molecule has 1 heterocycles. The molecule has 2 aromatic carbocycles. The molecule has 0 bridgehead atoms. The topological polar surface area (TPSA) is 79.5 Å². The monoisotopic (exact) mass is 322 g/mol. The highest BCUT2D eigenvalue weighted by Crippen LogP contribution is 2.24. The highest BCUT2D eigenvalue weighted by molar-refractivity contribution is 6.01. The van der Waals surface area contributed by atoms with Gasteiger partial charge in [0.2, 0.25) is 0 Å². The molecule has 0 aliphatic rings. The van der Waals surface area contributed by atoms with E-state index >= 15 is 0 Å². The van der Waals surface area contributed by atoms with E-state index in [1.165, 1.54) is 0 Å². The second kappa shape index (κ2) is 6.16. The molecular weight excluding hydrogens is 304 g/mol. The molecule has 3 rings (SSSR count). The molecule has 0 aliphatic heterocycles. The van der Waals surface area contributed by atoms with E-state index in [9.17, 15) is 9.90 Å². The number of hydrogen-bond donors (Lipinski definition) is 2. The van der Waals surface area contributed by atoms with Crippen LogP contribution in [-0.4, -0.2) is 27.0 Å². The summed E-state index contributed by atoms with van der Waals surface area (Å²) in [6.07, 6.45) is 1.56. The third-order valence-corrected chi connectivity index (χ3v) is 4.03. The van der Waals surface area contributed by atoms with Gasteiger partial charge in [0.25, 0.3) is 5.91 Å². The molecule has 0 atom stereocenters. The summed E-state index contributed by atoms with van der Waals surface area (Å²) in [7, 11) is 1.85. The van der Waals surface area contributed by atoms with Crippen molar-refractivity contribution in [3.8, 4) is 5.75 Å². The lowest BCUT2D eigenvalue weighted by Crippen LogP contribution is -2.17. The standard InChI is InChI=1S/C18H18N4O2/c1-11-16(12(2)22(3)21-11)10-19-20-18(24)15-8-13-6-4-5-7-14(13)9-17(15)23/h4-10,23H,1-3H3,(H,20,24)/b19-10-. The Kier molecular flexibility index (Phi) is 4.04. The van der Waals surface area contributed by atoms with Crippen molar-refractivity contribution in [2.24, 2.45) is 12.1 Å². The molecule has 0 spiro atoms. The number of fused-ring (bicyclic) bond motifs is 1. The molecule has 122 valence electrons. The molecular formula is C18H18N4O2. The zero-order valence-corrected chi connectivity index (χ0v) is 13.7. The number of aromatic hydroxyl groups is 1. The Balaban J connectivity index is 1.82. The number of rotatable bonds is 3. The fourth-order valence-electron chi connectivity index (χ4n) is 2.60. The number of benzene rings is 2. The molecule has 0 fully saturated rings. The molecule has 0 saturated carbocycles. The van der Waals surface area contributed by atoms with Gasteiger partial charge in [0.05, 0.1) is 17.5 Å². The Labute approximate surface area is 139 Å². The van der Waals surface area contributed by atoms with Gasteiger partial charge in [-0.15, -0.1) is 0 Å². The van der Waals surface area contributed by atoms with Gasteiger partial charge >= 0.3 is 0 Å². The summed E-state index contributed by atoms with van der Waals surface area (Å²) < 4.78 is 1.76. The number of phenolic OH excluding ortho intramolecular Hbond substituents is 1. The highest BCUT2D eigenvalue weighted by atomic mass is 16.3. The highest BCUT2D eigenvalue weighted by Gasteiger charge is 2.12. The van der Waals surface area contributed by atoms with E-state index in [0.29, 0.717) is 0 Å². The summed E-state index contributed by atoms with van der Waals surface area (Å²) in [6.45, 7) is 3.81. The maximum Gasteiger partial charge on any atom is 0.275 e. The van der Waals surface area contributed by atoms with Crippen molar-refractivity contribution in [2.45, 2.75) is 13.8 Å². The first-order chi connectivity index (χ1) is 11.5. The minimum atomic E-state index is -0.464. The summed E-state index contributed by atoms with van der Waals surface area (Å²) in [4.78, 5) is 12.3. The third-order valence-electron chi connectivity index (χ3n) is 4.03. The summed E-state index contributed by atoms with van der Waals surface area (Å²) in [6, 6.07) is 10.7. The number of hydrazone groups is 1. The Morgan fingerprint density at radius 3 is 2.54 bits per heavy atom. The Morgan fingerprint density at radius 2 is 1.92 bits per heavy atom. The van der Waals surface area contributed by atoms with Gasteiger partial charge in [0, 0.05) is 18.3 Å². The maximum atomic E-state index is 12.3. The lowest BCUT2D eigenvalue weighted by Gasteiger charge is -2.05. The predicted octanol–water partition coefficient (Wildman–Crippen LogP) is 2.66. The number of phenols is 1. The van der Waals surface area contributed by atoms with Crippen LogP contribution in [-0.2, 0) is 7.05 Å². The van der Waals surface area contributed by atoms with E-state index in [1.54, 1.807) is 23.0 Å². The third kappa shape index (κ3) is 2.86. The number of amides is 1. The first-order valence-corrected chi connectivity index (χ1v) is 7.52. The lowest BCUT2D eigenvalue weighted by atomic mass is 10.1. The van der Waals surface area contributed by atoms with Crippen LogP contribution in [0.3, 0.4) is 0 Å². The van der Waals surface area contributed by atoms with Gasteiger partial charge in [0.1, 0.15) is 5.75 Å². The Morgan fingerprint density at radius 1 is 1.25 bits per heavy atom. The first-order valence-electron chi connectivity index (χ1n) is 7.52. The van der Waals surface area contributed by atoms with Crippen molar-refractivity contribution in [3.05, 3.63) is 58.9 Å². The normalized spacial score (nSPS) is 11.3. The molecule has 1 amide bonds. The second-order valence-corrected chi connectivity index (χ2v) is 5.62. The van der Waals surface area contributed by atoms with Gasteiger partial charge in [-0.1, -0.05) is 24.3 Å². The molecule has 0 aliphatic carbocycles. The molecule has 6 heteroatoms. The van der Waals surface area contributed by atoms with Crippen molar-refractivity contribution < 1.29 is 9.90 Å². The van der Waals surface area contributed by atoms with Crippen molar-refractivity contribution >= 4 is 22.9 Å². The van der Waals surface area contributed by atoms with E-state index in [-0.39, 0.29) is 11.3 Å². The second-order valence-electron chi connectivity index (χ2n) is 5.62. The van der Waals surface area contributed by atoms with E-state index in [1.807, 2.05) is 45.2 Å². The smallest absolute Gasteiger partial charge is 0.275 e. The number of carbonyl (C=O) groups excluding carboxylic acids is 1. The minimum absolute atomic E-state index is 0.0739. The molecule has 2 N–H and O–H groups in total. The zero-order valence-electron chi connectivity index (χ0n) is 13.7. The van der Waals surface area contributed by atoms with Crippen LogP contribution in [0, 0.1) is 13.8 Å². The molecule has 3 aromatic rings. The van der Waals surface area contributed by atoms with Gasteiger partial charge in [0.15, 0.2) is 0 Å². The van der Waals surface area contributed by atoms with Crippen LogP contribution in [0.4, 0.5) is 0 Å². The van der Waals surface area contributed by atoms with Crippen LogP contribution < -0.4 is 5.43 Å². The average Bonchev–Trinajstić information content (AvgIpc) is 2.80. The van der Waals surface area contributed by atoms with Crippen LogP contribution in [0.15, 0.2) is 41.5 Å². The van der Waals surface area contributed by atoms with E-state index in [2.05, 4.69) is 15.6 Å². The van der Waals surface area contributed by atoms with Crippen molar-refractivity contribution in [1.82, 2.24) is 15.2 Å². The SMILES string of the molecule is Cc1nn(C)c(C)c1/C=N\NC(=O)c1cc2ccccc2cc1O. The number of hydrogen-bond acceptors (Lipinski definition) is 4. The molecule has 0 unspecified atom stereocenters. The minimum Gasteiger partial charge on any atom is -0.507 e. The number of nitrogens with zero attached hydrogens (tertiary/aromatic N) is 3. The van der Waals surface area contributed by atoms with Crippen LogP contribution >= 0.6 is 0 Å². The number of aromatic nitrogens is 2. The van der Waals surface area contributed by atoms with Crippen LogP contribution in [0.5, 0.6) is 5.75 Å². The Bertz CT molecular complexity index is 957. The van der Waals surface area contributed by atoms with E-state index < -0.39 is 5.91 Å². The number of nitrogens with one attached hydrogen (secondary N) is 1. The fraction of sp³-hybridized carbons (Fsp3) is 0.167. The molecule has 0 radical (unpaired) electrons. The molecule has 24 heavy (non-hydrogen) atoms. The van der Waals surface area contributed by atoms with Crippen molar-refractivity contribution in [2.75, 3.05) is 0 Å². The predicted molar refractivity (Wildman–Crippen MR) is 93.4 cm³/mol. The quantitative estimate of drug-likeness (QED) is 0.575. The van der Waals surface area contributed by atoms with Gasteiger partial charge in [-0.2, -0.15) is 10.2 Å². The van der Waals surface area contributed by atoms with Crippen molar-refractivity contribution in [3.63, 3.8) is 0 Å². The average molecular weight is 322 g/mol. The van der Waals surface area contributed by atoms with Crippen LogP contribution in [0.1, 0.15) is 27.3 Å². The summed E-state index contributed by atoms with van der Waals surface area (Å²) in [5, 5.41) is 20.1. The molecule has 1 aromatic heterocycles. The maximum absolute atomic E-state index is 12.3. The largest absolute Gasteiger partial charge is 0.507 e. The summed E-state index contributed by atoms with van der Waals surface area (Å²) in [5.41, 5.74) is 5.29. The summed E-state index contributed by atoms with van der Waals surface area (Å²) in [5.74, 6) is -0.538. The summed E-state index contributed by atoms with van der Waals surface area (Å²) >= 11 is 0. The van der Waals surface area contributed by atoms with Gasteiger partial charge in [-0.05, 0) is 36.8 Å². The fourth-order valence-corrected chi connectivity index (χ4v) is 2.60. The van der Waals surface area contributed by atoms with Gasteiger partial charge in [-0.25, -0.2) is 5.43 Å². The van der Waals surface area contributed by atoms with Crippen LogP contribution in [0.25, 0.3) is 10.8 Å². The first kappa shape index (κ1) is 15.7. The van der Waals surface area contributed by atoms with Gasteiger partial charge in [-0.3, -0.25) is 9.48 Å². The number of aryl methyl sites for hydroxylation is 2.